The molecule has 0 unspecified atom stereocenters. The second-order valence-corrected chi connectivity index (χ2v) is 2.89. The van der Waals surface area contributed by atoms with Crippen LogP contribution in [-0.2, 0) is 0 Å². The molecule has 0 aliphatic carbocycles. The average Bonchev–Trinajstić information content (AvgIpc) is 1.94. The van der Waals surface area contributed by atoms with Gasteiger partial charge in [0, 0.05) is 18.0 Å². The summed E-state index contributed by atoms with van der Waals surface area (Å²) < 4.78 is 0.410. The quantitative estimate of drug-likeness (QED) is 0.534. The van der Waals surface area contributed by atoms with E-state index in [0.29, 0.717) is 10.2 Å². The monoisotopic (exact) mass is 216 g/mol. The van der Waals surface area contributed by atoms with Gasteiger partial charge in [-0.2, -0.15) is 0 Å². The second-order valence-electron chi connectivity index (χ2n) is 2.03. The van der Waals surface area contributed by atoms with E-state index in [1.165, 1.54) is 12.3 Å². The Bertz CT molecular complexity index is 301. The van der Waals surface area contributed by atoms with Crippen LogP contribution in [0.2, 0.25) is 0 Å². The Morgan fingerprint density at radius 3 is 2.82 bits per heavy atom. The highest BCUT2D eigenvalue weighted by Gasteiger charge is 2.10. The molecule has 5 heteroatoms. The van der Waals surface area contributed by atoms with Crippen molar-refractivity contribution in [3.8, 4) is 0 Å². The highest BCUT2D eigenvalue weighted by Crippen LogP contribution is 2.23. The molecule has 0 aliphatic rings. The van der Waals surface area contributed by atoms with Crippen LogP contribution in [-0.4, -0.2) is 9.91 Å². The molecule has 0 saturated carbocycles. The van der Waals surface area contributed by atoms with Gasteiger partial charge in [-0.05, 0) is 22.9 Å². The van der Waals surface area contributed by atoms with Crippen molar-refractivity contribution in [1.82, 2.24) is 4.98 Å². The number of aromatic nitrogens is 1. The molecule has 0 atom stereocenters. The van der Waals surface area contributed by atoms with Crippen LogP contribution in [0, 0.1) is 17.0 Å². The minimum atomic E-state index is -0.446. The molecule has 1 aromatic heterocycles. The maximum absolute atomic E-state index is 10.3. The SMILES string of the molecule is Cc1cc([N+](=O)[O-])c(Br)cn1. The first-order chi connectivity index (χ1) is 5.11. The molecule has 0 aromatic carbocycles. The Morgan fingerprint density at radius 2 is 2.36 bits per heavy atom. The van der Waals surface area contributed by atoms with Crippen LogP contribution < -0.4 is 0 Å². The first-order valence-electron chi connectivity index (χ1n) is 2.88. The van der Waals surface area contributed by atoms with E-state index in [0.717, 1.165) is 0 Å². The molecule has 0 spiro atoms. The predicted octanol–water partition coefficient (Wildman–Crippen LogP) is 2.06. The van der Waals surface area contributed by atoms with Gasteiger partial charge in [-0.1, -0.05) is 0 Å². The molecule has 0 amide bonds. The van der Waals surface area contributed by atoms with Gasteiger partial charge in [0.2, 0.25) is 0 Å². The minimum Gasteiger partial charge on any atom is -0.260 e. The van der Waals surface area contributed by atoms with Crippen molar-refractivity contribution in [3.05, 3.63) is 32.5 Å². The number of rotatable bonds is 1. The van der Waals surface area contributed by atoms with Gasteiger partial charge in [-0.25, -0.2) is 0 Å². The van der Waals surface area contributed by atoms with Crippen LogP contribution in [0.1, 0.15) is 5.69 Å². The third-order valence-corrected chi connectivity index (χ3v) is 1.78. The molecule has 0 N–H and O–H groups in total. The summed E-state index contributed by atoms with van der Waals surface area (Å²) in [6.45, 7) is 1.71. The largest absolute Gasteiger partial charge is 0.286 e. The lowest BCUT2D eigenvalue weighted by atomic mass is 10.3. The number of aryl methyl sites for hydroxylation is 1. The third-order valence-electron chi connectivity index (χ3n) is 1.17. The number of pyridine rings is 1. The van der Waals surface area contributed by atoms with Gasteiger partial charge in [0.1, 0.15) is 4.47 Å². The summed E-state index contributed by atoms with van der Waals surface area (Å²) in [6, 6.07) is 1.42. The zero-order chi connectivity index (χ0) is 8.43. The molecule has 0 radical (unpaired) electrons. The standard InChI is InChI=1S/C6H5BrN2O2/c1-4-2-6(9(10)11)5(7)3-8-4/h2-3H,1H3. The topological polar surface area (TPSA) is 56.0 Å². The molecule has 0 bridgehead atoms. The zero-order valence-corrected chi connectivity index (χ0v) is 7.33. The van der Waals surface area contributed by atoms with Gasteiger partial charge in [0.25, 0.3) is 5.69 Å². The Hall–Kier alpha value is -0.970. The highest BCUT2D eigenvalue weighted by molar-refractivity contribution is 9.10. The van der Waals surface area contributed by atoms with E-state index in [1.807, 2.05) is 0 Å². The lowest BCUT2D eigenvalue weighted by Gasteiger charge is -1.94. The van der Waals surface area contributed by atoms with E-state index < -0.39 is 4.92 Å². The number of hydrogen-bond acceptors (Lipinski definition) is 3. The lowest BCUT2D eigenvalue weighted by Crippen LogP contribution is -1.91. The summed E-state index contributed by atoms with van der Waals surface area (Å²) in [5.74, 6) is 0. The predicted molar refractivity (Wildman–Crippen MR) is 43.3 cm³/mol. The fraction of sp³-hybridized carbons (Fsp3) is 0.167. The Balaban J connectivity index is 3.23. The number of hydrogen-bond donors (Lipinski definition) is 0. The van der Waals surface area contributed by atoms with Gasteiger partial charge in [-0.15, -0.1) is 0 Å². The Kier molecular flexibility index (Phi) is 2.19. The van der Waals surface area contributed by atoms with Crippen molar-refractivity contribution in [1.29, 1.82) is 0 Å². The van der Waals surface area contributed by atoms with Gasteiger partial charge >= 0.3 is 0 Å². The normalized spacial score (nSPS) is 9.64. The van der Waals surface area contributed by atoms with Crippen LogP contribution in [0.3, 0.4) is 0 Å². The van der Waals surface area contributed by atoms with Crippen LogP contribution >= 0.6 is 15.9 Å². The Morgan fingerprint density at radius 1 is 1.73 bits per heavy atom. The van der Waals surface area contributed by atoms with Crippen molar-refractivity contribution in [2.45, 2.75) is 6.92 Å². The molecule has 4 nitrogen and oxygen atoms in total. The van der Waals surface area contributed by atoms with Crippen LogP contribution in [0.25, 0.3) is 0 Å². The van der Waals surface area contributed by atoms with E-state index in [1.54, 1.807) is 6.92 Å². The molecule has 0 saturated heterocycles. The minimum absolute atomic E-state index is 0.0532. The van der Waals surface area contributed by atoms with E-state index in [9.17, 15) is 10.1 Å². The summed E-state index contributed by atoms with van der Waals surface area (Å²) in [7, 11) is 0. The van der Waals surface area contributed by atoms with Crippen LogP contribution in [0.5, 0.6) is 0 Å². The van der Waals surface area contributed by atoms with Gasteiger partial charge in [-0.3, -0.25) is 15.1 Å². The molecular formula is C6H5BrN2O2. The summed E-state index contributed by atoms with van der Waals surface area (Å²) >= 11 is 3.03. The summed E-state index contributed by atoms with van der Waals surface area (Å²) in [5, 5.41) is 10.3. The third kappa shape index (κ3) is 1.74. The van der Waals surface area contributed by atoms with Gasteiger partial charge < -0.3 is 0 Å². The lowest BCUT2D eigenvalue weighted by molar-refractivity contribution is -0.385. The highest BCUT2D eigenvalue weighted by atomic mass is 79.9. The summed E-state index contributed by atoms with van der Waals surface area (Å²) in [6.07, 6.45) is 1.42. The van der Waals surface area contributed by atoms with Crippen molar-refractivity contribution in [2.24, 2.45) is 0 Å². The first-order valence-corrected chi connectivity index (χ1v) is 3.67. The summed E-state index contributed by atoms with van der Waals surface area (Å²) in [4.78, 5) is 13.7. The molecule has 0 aliphatic heterocycles. The maximum Gasteiger partial charge on any atom is 0.286 e. The van der Waals surface area contributed by atoms with Gasteiger partial charge in [0.15, 0.2) is 0 Å². The maximum atomic E-state index is 10.3. The zero-order valence-electron chi connectivity index (χ0n) is 5.74. The average molecular weight is 217 g/mol. The van der Waals surface area contributed by atoms with E-state index in [-0.39, 0.29) is 5.69 Å². The molecule has 1 heterocycles. The molecule has 1 aromatic rings. The number of halogens is 1. The smallest absolute Gasteiger partial charge is 0.260 e. The first kappa shape index (κ1) is 8.13. The second kappa shape index (κ2) is 2.96. The Labute approximate surface area is 71.5 Å². The van der Waals surface area contributed by atoms with E-state index >= 15 is 0 Å². The number of nitrogens with zero attached hydrogens (tertiary/aromatic N) is 2. The van der Waals surface area contributed by atoms with Crippen molar-refractivity contribution < 1.29 is 4.92 Å². The summed E-state index contributed by atoms with van der Waals surface area (Å²) in [5.41, 5.74) is 0.692. The van der Waals surface area contributed by atoms with Gasteiger partial charge in [0.05, 0.1) is 4.92 Å². The molecule has 58 valence electrons. The number of nitro groups is 1. The molecule has 0 fully saturated rings. The van der Waals surface area contributed by atoms with E-state index in [4.69, 9.17) is 0 Å². The van der Waals surface area contributed by atoms with Crippen LogP contribution in [0.15, 0.2) is 16.7 Å². The molecular weight excluding hydrogens is 212 g/mol. The fourth-order valence-electron chi connectivity index (χ4n) is 0.669. The van der Waals surface area contributed by atoms with Crippen LogP contribution in [0.4, 0.5) is 5.69 Å². The van der Waals surface area contributed by atoms with Crippen molar-refractivity contribution in [2.75, 3.05) is 0 Å². The molecule has 11 heavy (non-hydrogen) atoms. The van der Waals surface area contributed by atoms with Crippen molar-refractivity contribution >= 4 is 21.6 Å². The van der Waals surface area contributed by atoms with E-state index in [2.05, 4.69) is 20.9 Å². The van der Waals surface area contributed by atoms with Crippen molar-refractivity contribution in [3.63, 3.8) is 0 Å². The molecule has 1 rings (SSSR count). The fourth-order valence-corrected chi connectivity index (χ4v) is 1.03.